The van der Waals surface area contributed by atoms with Gasteiger partial charge in [0.2, 0.25) is 11.8 Å². The van der Waals surface area contributed by atoms with Gasteiger partial charge in [0.15, 0.2) is 0 Å². The van der Waals surface area contributed by atoms with E-state index in [-0.39, 0.29) is 30.6 Å². The molecule has 3 aliphatic heterocycles. The number of piperazine rings is 1. The monoisotopic (exact) mass is 490 g/mol. The van der Waals surface area contributed by atoms with Crippen LogP contribution in [0.25, 0.3) is 10.8 Å². The number of benzene rings is 3. The Morgan fingerprint density at radius 1 is 0.914 bits per heavy atom. The van der Waals surface area contributed by atoms with Gasteiger partial charge >= 0.3 is 0 Å². The first-order chi connectivity index (χ1) is 16.6. The van der Waals surface area contributed by atoms with Gasteiger partial charge in [-0.25, -0.2) is 0 Å². The van der Waals surface area contributed by atoms with Crippen LogP contribution in [0.15, 0.2) is 54.6 Å². The maximum atomic E-state index is 13.3. The maximum Gasteiger partial charge on any atom is 0.259 e. The lowest BCUT2D eigenvalue weighted by molar-refractivity contribution is -0.134. The summed E-state index contributed by atoms with van der Waals surface area (Å²) in [5, 5.41) is 7.69. The van der Waals surface area contributed by atoms with Crippen LogP contribution in [0.2, 0.25) is 0 Å². The van der Waals surface area contributed by atoms with Gasteiger partial charge in [0.1, 0.15) is 6.04 Å². The summed E-state index contributed by atoms with van der Waals surface area (Å²) in [5.41, 5.74) is 4.98. The van der Waals surface area contributed by atoms with E-state index in [9.17, 15) is 14.4 Å². The second-order valence-corrected chi connectivity index (χ2v) is 9.19. The van der Waals surface area contributed by atoms with E-state index in [0.29, 0.717) is 12.0 Å². The van der Waals surface area contributed by atoms with Crippen molar-refractivity contribution in [2.45, 2.75) is 25.3 Å². The number of nitrogens with zero attached hydrogens (tertiary/aromatic N) is 2. The molecular weight excluding hydrogens is 464 g/mol. The fraction of sp³-hybridized carbons (Fsp3) is 0.296. The molecule has 0 radical (unpaired) electrons. The van der Waals surface area contributed by atoms with E-state index >= 15 is 0 Å². The van der Waals surface area contributed by atoms with E-state index in [1.165, 1.54) is 11.3 Å². The molecule has 0 saturated carbocycles. The van der Waals surface area contributed by atoms with Gasteiger partial charge in [0.25, 0.3) is 5.91 Å². The Balaban J connectivity index is 0.00000253. The maximum absolute atomic E-state index is 13.3. The lowest BCUT2D eigenvalue weighted by Crippen LogP contribution is -2.53. The lowest BCUT2D eigenvalue weighted by Gasteiger charge is -2.30. The molecule has 3 heterocycles. The minimum Gasteiger partial charge on any atom is -0.369 e. The molecule has 6 rings (SSSR count). The van der Waals surface area contributed by atoms with E-state index in [4.69, 9.17) is 0 Å². The van der Waals surface area contributed by atoms with Crippen molar-refractivity contribution in [1.29, 1.82) is 0 Å². The highest BCUT2D eigenvalue weighted by atomic mass is 35.5. The summed E-state index contributed by atoms with van der Waals surface area (Å²) in [5.74, 6) is -0.860. The predicted octanol–water partition coefficient (Wildman–Crippen LogP) is 3.03. The van der Waals surface area contributed by atoms with Crippen LogP contribution < -0.4 is 20.4 Å². The fourth-order valence-electron chi connectivity index (χ4n) is 5.43. The molecule has 2 N–H and O–H groups in total. The number of piperidine rings is 1. The van der Waals surface area contributed by atoms with Crippen LogP contribution in [0.3, 0.4) is 0 Å². The number of imide groups is 1. The van der Waals surface area contributed by atoms with Crippen LogP contribution >= 0.6 is 12.4 Å². The predicted molar refractivity (Wildman–Crippen MR) is 139 cm³/mol. The zero-order valence-corrected chi connectivity index (χ0v) is 20.1. The third kappa shape index (κ3) is 4.05. The molecular formula is C27H27ClN4O3. The molecule has 35 heavy (non-hydrogen) atoms. The Bertz CT molecular complexity index is 1320. The first kappa shape index (κ1) is 23.3. The number of rotatable bonds is 4. The molecule has 1 atom stereocenters. The SMILES string of the molecule is Cl.O=C1CCC(N2C(=O)c3cccc4c(Cc5ccc(N6CCNCC6)cc5)ccc2c34)C(=O)N1. The second kappa shape index (κ2) is 9.32. The Kier molecular flexibility index (Phi) is 6.21. The van der Waals surface area contributed by atoms with Crippen LogP contribution in [0.5, 0.6) is 0 Å². The smallest absolute Gasteiger partial charge is 0.259 e. The summed E-state index contributed by atoms with van der Waals surface area (Å²) in [6.45, 7) is 4.06. The summed E-state index contributed by atoms with van der Waals surface area (Å²) >= 11 is 0. The van der Waals surface area contributed by atoms with Gasteiger partial charge < -0.3 is 10.2 Å². The average molecular weight is 491 g/mol. The van der Waals surface area contributed by atoms with Crippen molar-refractivity contribution in [1.82, 2.24) is 10.6 Å². The average Bonchev–Trinajstić information content (AvgIpc) is 3.15. The van der Waals surface area contributed by atoms with Crippen molar-refractivity contribution >= 4 is 52.3 Å². The van der Waals surface area contributed by atoms with E-state index < -0.39 is 11.9 Å². The topological polar surface area (TPSA) is 81.8 Å². The summed E-state index contributed by atoms with van der Waals surface area (Å²) in [7, 11) is 0. The molecule has 0 bridgehead atoms. The highest BCUT2D eigenvalue weighted by molar-refractivity contribution is 6.27. The van der Waals surface area contributed by atoms with Gasteiger partial charge in [0, 0.05) is 49.2 Å². The van der Waals surface area contributed by atoms with Gasteiger partial charge in [-0.15, -0.1) is 12.4 Å². The molecule has 7 nitrogen and oxygen atoms in total. The highest BCUT2D eigenvalue weighted by Crippen LogP contribution is 2.41. The Morgan fingerprint density at radius 2 is 1.69 bits per heavy atom. The zero-order valence-electron chi connectivity index (χ0n) is 19.3. The first-order valence-corrected chi connectivity index (χ1v) is 11.9. The largest absolute Gasteiger partial charge is 0.369 e. The molecule has 0 aliphatic carbocycles. The van der Waals surface area contributed by atoms with Gasteiger partial charge in [0.05, 0.1) is 5.69 Å². The van der Waals surface area contributed by atoms with Crippen molar-refractivity contribution in [3.63, 3.8) is 0 Å². The van der Waals surface area contributed by atoms with Gasteiger partial charge in [-0.1, -0.05) is 30.3 Å². The quantitative estimate of drug-likeness (QED) is 0.549. The molecule has 0 aromatic heterocycles. The van der Waals surface area contributed by atoms with Crippen LogP contribution in [0.4, 0.5) is 11.4 Å². The minimum atomic E-state index is -0.663. The first-order valence-electron chi connectivity index (χ1n) is 11.9. The third-order valence-electron chi connectivity index (χ3n) is 7.15. The van der Waals surface area contributed by atoms with Gasteiger partial charge in [-0.05, 0) is 53.6 Å². The molecule has 2 saturated heterocycles. The Labute approximate surface area is 209 Å². The number of anilines is 2. The zero-order chi connectivity index (χ0) is 23.2. The van der Waals surface area contributed by atoms with Crippen LogP contribution in [-0.4, -0.2) is 49.9 Å². The van der Waals surface area contributed by atoms with Crippen molar-refractivity contribution < 1.29 is 14.4 Å². The van der Waals surface area contributed by atoms with E-state index in [0.717, 1.165) is 54.6 Å². The molecule has 3 amide bonds. The highest BCUT2D eigenvalue weighted by Gasteiger charge is 2.40. The van der Waals surface area contributed by atoms with Crippen LogP contribution in [0.1, 0.15) is 34.3 Å². The summed E-state index contributed by atoms with van der Waals surface area (Å²) in [6, 6.07) is 17.9. The molecule has 3 aromatic carbocycles. The number of amides is 3. The van der Waals surface area contributed by atoms with Crippen molar-refractivity contribution in [2.75, 3.05) is 36.0 Å². The molecule has 2 fully saturated rings. The van der Waals surface area contributed by atoms with Crippen LogP contribution in [-0.2, 0) is 16.0 Å². The number of hydrogen-bond acceptors (Lipinski definition) is 5. The Hall–Kier alpha value is -3.42. The number of hydrogen-bond donors (Lipinski definition) is 2. The van der Waals surface area contributed by atoms with Gasteiger partial charge in [-0.2, -0.15) is 0 Å². The summed E-state index contributed by atoms with van der Waals surface area (Å²) in [6.07, 6.45) is 1.34. The molecule has 3 aromatic rings. The van der Waals surface area contributed by atoms with Crippen molar-refractivity contribution in [3.05, 3.63) is 71.3 Å². The molecule has 8 heteroatoms. The van der Waals surface area contributed by atoms with Crippen LogP contribution in [0, 0.1) is 0 Å². The minimum absolute atomic E-state index is 0. The molecule has 0 spiro atoms. The third-order valence-corrected chi connectivity index (χ3v) is 7.15. The Morgan fingerprint density at radius 3 is 2.43 bits per heavy atom. The standard InChI is InChI=1S/C27H26N4O3.ClH/c32-24-11-10-23(26(33)29-24)31-22-9-6-18(20-2-1-3-21(25(20)22)27(31)34)16-17-4-7-19(8-5-17)30-14-12-28-13-15-30;/h1-9,23,28H,10-16H2,(H,29,32,33);1H. The molecule has 3 aliphatic rings. The van der Waals surface area contributed by atoms with Gasteiger partial charge in [-0.3, -0.25) is 24.6 Å². The molecule has 180 valence electrons. The van der Waals surface area contributed by atoms with Crippen molar-refractivity contribution in [2.24, 2.45) is 0 Å². The van der Waals surface area contributed by atoms with Crippen molar-refractivity contribution in [3.8, 4) is 0 Å². The number of carbonyl (C=O) groups is 3. The van der Waals surface area contributed by atoms with E-state index in [2.05, 4.69) is 45.9 Å². The number of halogens is 1. The lowest BCUT2D eigenvalue weighted by atomic mass is 9.96. The summed E-state index contributed by atoms with van der Waals surface area (Å²) < 4.78 is 0. The normalized spacial score (nSPS) is 19.7. The summed E-state index contributed by atoms with van der Waals surface area (Å²) in [4.78, 5) is 41.4. The fourth-order valence-corrected chi connectivity index (χ4v) is 5.43. The second-order valence-electron chi connectivity index (χ2n) is 9.19. The van der Waals surface area contributed by atoms with E-state index in [1.54, 1.807) is 4.90 Å². The molecule has 1 unspecified atom stereocenters. The number of nitrogens with one attached hydrogen (secondary N) is 2. The number of carbonyl (C=O) groups excluding carboxylic acids is 3. The van der Waals surface area contributed by atoms with E-state index in [1.807, 2.05) is 24.3 Å².